The van der Waals surface area contributed by atoms with E-state index in [9.17, 15) is 17.6 Å². The summed E-state index contributed by atoms with van der Waals surface area (Å²) >= 11 is 0. The Balaban J connectivity index is 3.60. The van der Waals surface area contributed by atoms with Gasteiger partial charge in [-0.15, -0.1) is 0 Å². The lowest BCUT2D eigenvalue weighted by Gasteiger charge is -2.27. The maximum atomic E-state index is 14.6. The van der Waals surface area contributed by atoms with Gasteiger partial charge < -0.3 is 10.6 Å². The van der Waals surface area contributed by atoms with Crippen LogP contribution in [-0.4, -0.2) is 25.8 Å². The Morgan fingerprint density at radius 2 is 1.79 bits per heavy atom. The molecule has 1 unspecified atom stereocenters. The molecule has 0 saturated carbocycles. The summed E-state index contributed by atoms with van der Waals surface area (Å²) in [7, 11) is 1.23. The lowest BCUT2D eigenvalue weighted by atomic mass is 9.85. The molecule has 0 fully saturated rings. The number of likely N-dealkylation sites (N-methyl/N-ethyl adjacent to an activating group) is 1. The van der Waals surface area contributed by atoms with Gasteiger partial charge in [0.2, 0.25) is 0 Å². The highest BCUT2D eigenvalue weighted by molar-refractivity contribution is 5.73. The van der Waals surface area contributed by atoms with Crippen LogP contribution in [-0.2, 0) is 0 Å². The molecule has 0 spiro atoms. The van der Waals surface area contributed by atoms with Gasteiger partial charge in [0.1, 0.15) is 11.9 Å². The largest absolute Gasteiger partial charge is 0.407 e. The smallest absolute Gasteiger partial charge is 0.391 e. The fourth-order valence-electron chi connectivity index (χ4n) is 2.92. The molecular weight excluding hydrogens is 320 g/mol. The fraction of sp³-hybridized carbons (Fsp3) is 0.556. The molecular formula is C18H26F4N2. The zero-order chi connectivity index (χ0) is 18.3. The third kappa shape index (κ3) is 4.72. The van der Waals surface area contributed by atoms with E-state index in [-0.39, 0.29) is 17.1 Å². The Bertz CT molecular complexity index is 548. The van der Waals surface area contributed by atoms with Gasteiger partial charge in [-0.1, -0.05) is 26.0 Å². The van der Waals surface area contributed by atoms with Gasteiger partial charge >= 0.3 is 6.18 Å². The number of halogens is 4. The Labute approximate surface area is 141 Å². The van der Waals surface area contributed by atoms with Gasteiger partial charge in [0.05, 0.1) is 0 Å². The minimum absolute atomic E-state index is 0.00599. The summed E-state index contributed by atoms with van der Waals surface area (Å²) in [5.74, 6) is -0.625. The highest BCUT2D eigenvalue weighted by Gasteiger charge is 2.42. The quantitative estimate of drug-likeness (QED) is 0.659. The molecule has 1 atom stereocenters. The van der Waals surface area contributed by atoms with Crippen molar-refractivity contribution in [3.05, 3.63) is 41.3 Å². The standard InChI is InChI=1S/C18H26F4N2/c1-5-12(6-2)13-9-8-10-15(19)16(13)14(11-24-7-3)17(23-4)18(20,21)22/h8-12,17,23-24H,5-7H2,1-4H3/b14-11-. The minimum Gasteiger partial charge on any atom is -0.391 e. The van der Waals surface area contributed by atoms with E-state index in [4.69, 9.17) is 0 Å². The maximum Gasteiger partial charge on any atom is 0.407 e. The fourth-order valence-corrected chi connectivity index (χ4v) is 2.92. The highest BCUT2D eigenvalue weighted by atomic mass is 19.4. The number of nitrogens with one attached hydrogen (secondary N) is 2. The van der Waals surface area contributed by atoms with E-state index in [0.29, 0.717) is 12.1 Å². The van der Waals surface area contributed by atoms with Crippen LogP contribution in [0, 0.1) is 5.82 Å². The van der Waals surface area contributed by atoms with Crippen molar-refractivity contribution in [2.75, 3.05) is 13.6 Å². The van der Waals surface area contributed by atoms with Crippen molar-refractivity contribution in [3.8, 4) is 0 Å². The highest BCUT2D eigenvalue weighted by Crippen LogP contribution is 2.37. The van der Waals surface area contributed by atoms with E-state index in [2.05, 4.69) is 10.6 Å². The van der Waals surface area contributed by atoms with Gasteiger partial charge in [0, 0.05) is 23.9 Å². The average Bonchev–Trinajstić information content (AvgIpc) is 2.52. The van der Waals surface area contributed by atoms with E-state index in [1.165, 1.54) is 19.3 Å². The molecule has 0 radical (unpaired) electrons. The van der Waals surface area contributed by atoms with Gasteiger partial charge in [-0.05, 0) is 44.4 Å². The summed E-state index contributed by atoms with van der Waals surface area (Å²) in [5.41, 5.74) is 0.546. The van der Waals surface area contributed by atoms with Crippen LogP contribution in [0.15, 0.2) is 24.4 Å². The molecule has 2 N–H and O–H groups in total. The van der Waals surface area contributed by atoms with Crippen LogP contribution in [0.1, 0.15) is 50.7 Å². The molecule has 2 nitrogen and oxygen atoms in total. The molecule has 0 aliphatic heterocycles. The molecule has 0 saturated heterocycles. The molecule has 24 heavy (non-hydrogen) atoms. The van der Waals surface area contributed by atoms with Gasteiger partial charge in [0.25, 0.3) is 0 Å². The monoisotopic (exact) mass is 346 g/mol. The molecule has 1 aromatic rings. The molecule has 1 rings (SSSR count). The first-order valence-corrected chi connectivity index (χ1v) is 8.27. The molecule has 136 valence electrons. The third-order valence-electron chi connectivity index (χ3n) is 4.15. The second kappa shape index (κ2) is 9.06. The Hall–Kier alpha value is -1.56. The molecule has 0 bridgehead atoms. The number of alkyl halides is 3. The zero-order valence-corrected chi connectivity index (χ0v) is 14.6. The van der Waals surface area contributed by atoms with Crippen molar-refractivity contribution in [3.63, 3.8) is 0 Å². The average molecular weight is 346 g/mol. The van der Waals surface area contributed by atoms with Crippen LogP contribution in [0.5, 0.6) is 0 Å². The number of hydrogen-bond acceptors (Lipinski definition) is 2. The van der Waals surface area contributed by atoms with E-state index in [1.807, 2.05) is 13.8 Å². The zero-order valence-electron chi connectivity index (χ0n) is 14.6. The predicted octanol–water partition coefficient (Wildman–Crippen LogP) is 4.83. The van der Waals surface area contributed by atoms with E-state index in [0.717, 1.165) is 12.8 Å². The van der Waals surface area contributed by atoms with Crippen molar-refractivity contribution < 1.29 is 17.6 Å². The molecule has 0 aliphatic carbocycles. The summed E-state index contributed by atoms with van der Waals surface area (Å²) < 4.78 is 55.0. The summed E-state index contributed by atoms with van der Waals surface area (Å²) in [6.45, 7) is 6.14. The second-order valence-corrected chi connectivity index (χ2v) is 5.64. The Morgan fingerprint density at radius 3 is 2.25 bits per heavy atom. The maximum absolute atomic E-state index is 14.6. The van der Waals surface area contributed by atoms with Crippen molar-refractivity contribution in [1.29, 1.82) is 0 Å². The van der Waals surface area contributed by atoms with Crippen LogP contribution >= 0.6 is 0 Å². The summed E-state index contributed by atoms with van der Waals surface area (Å²) in [4.78, 5) is 0. The predicted molar refractivity (Wildman–Crippen MR) is 90.3 cm³/mol. The first kappa shape index (κ1) is 20.5. The first-order valence-electron chi connectivity index (χ1n) is 8.27. The Kier molecular flexibility index (Phi) is 7.73. The van der Waals surface area contributed by atoms with Crippen LogP contribution < -0.4 is 10.6 Å². The van der Waals surface area contributed by atoms with E-state index in [1.54, 1.807) is 19.1 Å². The van der Waals surface area contributed by atoms with Crippen LogP contribution in [0.2, 0.25) is 0 Å². The molecule has 0 heterocycles. The normalized spacial score (nSPS) is 14.1. The van der Waals surface area contributed by atoms with Crippen molar-refractivity contribution in [2.24, 2.45) is 0 Å². The topological polar surface area (TPSA) is 24.1 Å². The molecule has 6 heteroatoms. The molecule has 0 amide bonds. The van der Waals surface area contributed by atoms with Crippen LogP contribution in [0.25, 0.3) is 5.57 Å². The lowest BCUT2D eigenvalue weighted by Crippen LogP contribution is -2.42. The van der Waals surface area contributed by atoms with Gasteiger partial charge in [0.15, 0.2) is 0 Å². The third-order valence-corrected chi connectivity index (χ3v) is 4.15. The van der Waals surface area contributed by atoms with Gasteiger partial charge in [-0.3, -0.25) is 0 Å². The second-order valence-electron chi connectivity index (χ2n) is 5.64. The lowest BCUT2D eigenvalue weighted by molar-refractivity contribution is -0.140. The van der Waals surface area contributed by atoms with Gasteiger partial charge in [-0.2, -0.15) is 13.2 Å². The molecule has 1 aromatic carbocycles. The number of benzene rings is 1. The summed E-state index contributed by atoms with van der Waals surface area (Å²) in [6, 6.07) is 2.55. The van der Waals surface area contributed by atoms with Gasteiger partial charge in [-0.25, -0.2) is 4.39 Å². The van der Waals surface area contributed by atoms with Crippen molar-refractivity contribution in [1.82, 2.24) is 10.6 Å². The van der Waals surface area contributed by atoms with Crippen LogP contribution in [0.3, 0.4) is 0 Å². The van der Waals surface area contributed by atoms with Crippen molar-refractivity contribution >= 4 is 5.57 Å². The summed E-state index contributed by atoms with van der Waals surface area (Å²) in [6.07, 6.45) is -1.78. The molecule has 0 aromatic heterocycles. The summed E-state index contributed by atoms with van der Waals surface area (Å²) in [5, 5.41) is 5.07. The van der Waals surface area contributed by atoms with E-state index >= 15 is 0 Å². The SMILES string of the molecule is CCN/C=C(/c1c(F)cccc1C(CC)CC)C(NC)C(F)(F)F. The minimum atomic E-state index is -4.52. The van der Waals surface area contributed by atoms with E-state index < -0.39 is 18.0 Å². The molecule has 0 aliphatic rings. The number of hydrogen-bond donors (Lipinski definition) is 2. The number of rotatable bonds is 8. The Morgan fingerprint density at radius 1 is 1.17 bits per heavy atom. The first-order chi connectivity index (χ1) is 11.3. The van der Waals surface area contributed by atoms with Crippen LogP contribution in [0.4, 0.5) is 17.6 Å². The van der Waals surface area contributed by atoms with Crippen molar-refractivity contribution in [2.45, 2.75) is 51.7 Å².